The van der Waals surface area contributed by atoms with Crippen LogP contribution in [0.1, 0.15) is 22.3 Å². The van der Waals surface area contributed by atoms with Gasteiger partial charge in [-0.15, -0.1) is 0 Å². The Kier molecular flexibility index (Phi) is 8.84. The monoisotopic (exact) mass is 876 g/mol. The summed E-state index contributed by atoms with van der Waals surface area (Å²) < 4.78 is 2.38. The van der Waals surface area contributed by atoms with Crippen LogP contribution in [0, 0.1) is 0 Å². The highest BCUT2D eigenvalue weighted by Gasteiger charge is 2.51. The summed E-state index contributed by atoms with van der Waals surface area (Å²) in [4.78, 5) is 2.45. The Balaban J connectivity index is 0.912. The van der Waals surface area contributed by atoms with E-state index in [1.165, 1.54) is 99.8 Å². The molecule has 2 aliphatic rings. The molecule has 0 radical (unpaired) electrons. The van der Waals surface area contributed by atoms with E-state index in [-0.39, 0.29) is 0 Å². The van der Waals surface area contributed by atoms with Crippen LogP contribution in [0.25, 0.3) is 83.1 Å². The van der Waals surface area contributed by atoms with E-state index < -0.39 is 5.41 Å². The maximum atomic E-state index is 2.48. The van der Waals surface area contributed by atoms with Gasteiger partial charge in [0.15, 0.2) is 0 Å². The van der Waals surface area contributed by atoms with Crippen molar-refractivity contribution in [3.05, 3.63) is 289 Å². The maximum absolute atomic E-state index is 2.48. The zero-order valence-electron chi connectivity index (χ0n) is 37.8. The summed E-state index contributed by atoms with van der Waals surface area (Å²) in [6.45, 7) is 0. The highest BCUT2D eigenvalue weighted by molar-refractivity contribution is 6.10. The Labute approximate surface area is 402 Å². The standard InChI is InChI=1S/C67H44N2/c1-3-17-45(18-4-1)46-33-36-52(37-34-46)68(54-38-39-58-57-27-9-13-31-63(57)67(64(58)44-54)61-29-11-7-25-55(61)56-26-8-12-30-62(56)67)53-24-16-21-49(42-53)47-19-15-20-48(41-47)50-35-40-66-60(43-50)59-28-10-14-32-65(59)69(66)51-22-5-2-6-23-51/h1-44H. The fourth-order valence-corrected chi connectivity index (χ4v) is 11.8. The third-order valence-electron chi connectivity index (χ3n) is 14.8. The lowest BCUT2D eigenvalue weighted by Gasteiger charge is -2.32. The van der Waals surface area contributed by atoms with Crippen LogP contribution < -0.4 is 4.90 Å². The molecule has 2 nitrogen and oxygen atoms in total. The Morgan fingerprint density at radius 2 is 0.725 bits per heavy atom. The first-order valence-corrected chi connectivity index (χ1v) is 23.9. The maximum Gasteiger partial charge on any atom is 0.0726 e. The van der Waals surface area contributed by atoms with Crippen LogP contribution in [-0.2, 0) is 5.41 Å². The largest absolute Gasteiger partial charge is 0.310 e. The zero-order chi connectivity index (χ0) is 45.5. The zero-order valence-corrected chi connectivity index (χ0v) is 37.8. The van der Waals surface area contributed by atoms with E-state index in [0.717, 1.165) is 22.6 Å². The van der Waals surface area contributed by atoms with Gasteiger partial charge in [-0.3, -0.25) is 0 Å². The van der Waals surface area contributed by atoms with Gasteiger partial charge >= 0.3 is 0 Å². The van der Waals surface area contributed by atoms with Crippen LogP contribution in [-0.4, -0.2) is 4.57 Å². The van der Waals surface area contributed by atoms with E-state index in [2.05, 4.69) is 276 Å². The van der Waals surface area contributed by atoms with E-state index in [9.17, 15) is 0 Å². The molecule has 12 aromatic rings. The number of nitrogens with zero attached hydrogens (tertiary/aromatic N) is 2. The smallest absolute Gasteiger partial charge is 0.0726 e. The van der Waals surface area contributed by atoms with Gasteiger partial charge in [-0.25, -0.2) is 0 Å². The van der Waals surface area contributed by atoms with Crippen molar-refractivity contribution >= 4 is 38.9 Å². The molecule has 322 valence electrons. The summed E-state index contributed by atoms with van der Waals surface area (Å²) in [7, 11) is 0. The molecule has 2 aliphatic carbocycles. The summed E-state index contributed by atoms with van der Waals surface area (Å²) in [5.74, 6) is 0. The van der Waals surface area contributed by atoms with Crippen LogP contribution >= 0.6 is 0 Å². The average molecular weight is 877 g/mol. The second-order valence-corrected chi connectivity index (χ2v) is 18.4. The molecule has 1 heterocycles. The number of fused-ring (bicyclic) bond motifs is 13. The minimum absolute atomic E-state index is 0.445. The number of aromatic nitrogens is 1. The SMILES string of the molecule is c1ccc(-c2ccc(N(c3cccc(-c4cccc(-c5ccc6c(c5)c5ccccc5n6-c5ccccc5)c4)c3)c3ccc4c(c3)C3(c5ccccc5-c5ccccc53)c3ccccc3-4)cc2)cc1. The first kappa shape index (κ1) is 39.2. The van der Waals surface area contributed by atoms with Crippen molar-refractivity contribution < 1.29 is 0 Å². The molecule has 11 aromatic carbocycles. The number of para-hydroxylation sites is 2. The number of rotatable bonds is 7. The van der Waals surface area contributed by atoms with Crippen molar-refractivity contribution in [1.29, 1.82) is 0 Å². The molecular formula is C67H44N2. The summed E-state index contributed by atoms with van der Waals surface area (Å²) in [5, 5.41) is 2.50. The van der Waals surface area contributed by atoms with Crippen molar-refractivity contribution in [3.8, 4) is 61.3 Å². The van der Waals surface area contributed by atoms with E-state index >= 15 is 0 Å². The minimum Gasteiger partial charge on any atom is -0.310 e. The molecule has 0 amide bonds. The van der Waals surface area contributed by atoms with Crippen LogP contribution in [0.5, 0.6) is 0 Å². The summed E-state index contributed by atoms with van der Waals surface area (Å²) in [6, 6.07) is 98.5. The van der Waals surface area contributed by atoms with Crippen LogP contribution in [0.3, 0.4) is 0 Å². The molecule has 0 fully saturated rings. The van der Waals surface area contributed by atoms with Crippen molar-refractivity contribution in [3.63, 3.8) is 0 Å². The Morgan fingerprint density at radius 1 is 0.261 bits per heavy atom. The topological polar surface area (TPSA) is 8.17 Å². The molecule has 14 rings (SSSR count). The Bertz CT molecular complexity index is 3890. The fourth-order valence-electron chi connectivity index (χ4n) is 11.8. The Hall–Kier alpha value is -8.98. The average Bonchev–Trinajstić information content (AvgIpc) is 4.03. The lowest BCUT2D eigenvalue weighted by atomic mass is 9.70. The number of benzene rings is 11. The number of hydrogen-bond donors (Lipinski definition) is 0. The molecule has 0 saturated heterocycles. The molecule has 1 spiro atoms. The quantitative estimate of drug-likeness (QED) is 0.155. The summed E-state index contributed by atoms with van der Waals surface area (Å²) >= 11 is 0. The van der Waals surface area contributed by atoms with Gasteiger partial charge < -0.3 is 9.47 Å². The van der Waals surface area contributed by atoms with Gasteiger partial charge in [0.05, 0.1) is 16.4 Å². The second-order valence-electron chi connectivity index (χ2n) is 18.4. The third-order valence-corrected chi connectivity index (χ3v) is 14.8. The van der Waals surface area contributed by atoms with Gasteiger partial charge in [0, 0.05) is 33.5 Å². The molecule has 0 aliphatic heterocycles. The molecular weight excluding hydrogens is 833 g/mol. The summed E-state index contributed by atoms with van der Waals surface area (Å²) in [5.41, 5.74) is 24.1. The van der Waals surface area contributed by atoms with Gasteiger partial charge in [0.2, 0.25) is 0 Å². The van der Waals surface area contributed by atoms with E-state index in [1.807, 2.05) is 0 Å². The highest BCUT2D eigenvalue weighted by Crippen LogP contribution is 2.63. The van der Waals surface area contributed by atoms with Crippen LogP contribution in [0.15, 0.2) is 267 Å². The molecule has 0 bridgehead atoms. The lowest BCUT2D eigenvalue weighted by Crippen LogP contribution is -2.26. The van der Waals surface area contributed by atoms with Gasteiger partial charge in [-0.05, 0) is 151 Å². The first-order valence-electron chi connectivity index (χ1n) is 23.9. The molecule has 69 heavy (non-hydrogen) atoms. The molecule has 0 saturated carbocycles. The number of hydrogen-bond acceptors (Lipinski definition) is 1. The van der Waals surface area contributed by atoms with Crippen molar-refractivity contribution in [1.82, 2.24) is 4.57 Å². The van der Waals surface area contributed by atoms with Crippen LogP contribution in [0.4, 0.5) is 17.1 Å². The normalized spacial score (nSPS) is 12.8. The Morgan fingerprint density at radius 3 is 1.41 bits per heavy atom. The highest BCUT2D eigenvalue weighted by atomic mass is 15.1. The second kappa shape index (κ2) is 15.6. The number of anilines is 3. The third kappa shape index (κ3) is 5.99. The summed E-state index contributed by atoms with van der Waals surface area (Å²) in [6.07, 6.45) is 0. The van der Waals surface area contributed by atoms with Gasteiger partial charge in [0.1, 0.15) is 0 Å². The molecule has 0 N–H and O–H groups in total. The van der Waals surface area contributed by atoms with E-state index in [4.69, 9.17) is 0 Å². The molecule has 0 atom stereocenters. The molecule has 1 aromatic heterocycles. The van der Waals surface area contributed by atoms with E-state index in [1.54, 1.807) is 0 Å². The van der Waals surface area contributed by atoms with Crippen LogP contribution in [0.2, 0.25) is 0 Å². The first-order chi connectivity index (χ1) is 34.2. The van der Waals surface area contributed by atoms with Crippen molar-refractivity contribution in [2.24, 2.45) is 0 Å². The van der Waals surface area contributed by atoms with Gasteiger partial charge in [0.25, 0.3) is 0 Å². The predicted molar refractivity (Wildman–Crippen MR) is 288 cm³/mol. The lowest BCUT2D eigenvalue weighted by molar-refractivity contribution is 0.793. The van der Waals surface area contributed by atoms with E-state index in [0.29, 0.717) is 0 Å². The molecule has 0 unspecified atom stereocenters. The van der Waals surface area contributed by atoms with Gasteiger partial charge in [-0.1, -0.05) is 194 Å². The van der Waals surface area contributed by atoms with Gasteiger partial charge in [-0.2, -0.15) is 0 Å². The fraction of sp³-hybridized carbons (Fsp3) is 0.0149. The molecule has 2 heteroatoms. The predicted octanol–water partition coefficient (Wildman–Crippen LogP) is 17.6. The minimum atomic E-state index is -0.445. The van der Waals surface area contributed by atoms with Crippen molar-refractivity contribution in [2.45, 2.75) is 5.41 Å². The van der Waals surface area contributed by atoms with Crippen molar-refractivity contribution in [2.75, 3.05) is 4.90 Å².